The summed E-state index contributed by atoms with van der Waals surface area (Å²) in [6.45, 7) is 0. The quantitative estimate of drug-likeness (QED) is 0.420. The van der Waals surface area contributed by atoms with Crippen LogP contribution in [0.15, 0.2) is 54.6 Å². The van der Waals surface area contributed by atoms with Crippen LogP contribution in [0, 0.1) is 0 Å². The monoisotopic (exact) mass is 234 g/mol. The smallest absolute Gasteiger partial charge is 0.338 e. The predicted octanol–water partition coefficient (Wildman–Crippen LogP) is 2.19. The molecule has 0 fully saturated rings. The average molecular weight is 234 g/mol. The molecular formula is C10H11FeOP. The van der Waals surface area contributed by atoms with Gasteiger partial charge in [-0.2, -0.15) is 30.3 Å². The van der Waals surface area contributed by atoms with Crippen molar-refractivity contribution < 1.29 is 21.6 Å². The first-order valence-electron chi connectivity index (χ1n) is 3.77. The summed E-state index contributed by atoms with van der Waals surface area (Å²) in [7, 11) is -0.706. The molecule has 0 aliphatic rings. The summed E-state index contributed by atoms with van der Waals surface area (Å²) >= 11 is 0. The van der Waals surface area contributed by atoms with Crippen molar-refractivity contribution >= 4 is 13.8 Å². The van der Waals surface area contributed by atoms with Gasteiger partial charge in [0.15, 0.2) is 0 Å². The molecule has 2 aromatic carbocycles. The minimum absolute atomic E-state index is 0. The third-order valence-corrected chi connectivity index (χ3v) is 2.04. The van der Waals surface area contributed by atoms with E-state index in [0.717, 1.165) is 5.30 Å². The fourth-order valence-corrected chi connectivity index (χ4v) is 1.17. The van der Waals surface area contributed by atoms with Gasteiger partial charge in [-0.1, -0.05) is 0 Å². The first-order valence-corrected chi connectivity index (χ1v) is 4.82. The van der Waals surface area contributed by atoms with Crippen LogP contribution >= 0.6 is 8.46 Å². The zero-order chi connectivity index (χ0) is 8.65. The van der Waals surface area contributed by atoms with Crippen LogP contribution < -0.4 is 5.30 Å². The Kier molecular flexibility index (Phi) is 7.72. The van der Waals surface area contributed by atoms with Crippen molar-refractivity contribution in [2.75, 3.05) is 0 Å². The molecular weight excluding hydrogens is 223 g/mol. The third kappa shape index (κ3) is 5.65. The maximum Gasteiger partial charge on any atom is 2.00 e. The van der Waals surface area contributed by atoms with Crippen LogP contribution in [-0.4, -0.2) is 0 Å². The molecule has 70 valence electrons. The van der Waals surface area contributed by atoms with Gasteiger partial charge in [-0.3, -0.25) is 0 Å². The molecule has 0 saturated heterocycles. The second kappa shape index (κ2) is 8.07. The van der Waals surface area contributed by atoms with E-state index in [1.165, 1.54) is 0 Å². The Morgan fingerprint density at radius 2 is 1.54 bits per heavy atom. The van der Waals surface area contributed by atoms with E-state index in [0.29, 0.717) is 0 Å². The summed E-state index contributed by atoms with van der Waals surface area (Å²) in [4.78, 5) is 0. The molecule has 0 amide bonds. The second-order valence-corrected chi connectivity index (χ2v) is 3.20. The maximum absolute atomic E-state index is 10.1. The van der Waals surface area contributed by atoms with Crippen molar-refractivity contribution in [1.29, 1.82) is 0 Å². The van der Waals surface area contributed by atoms with E-state index >= 15 is 0 Å². The van der Waals surface area contributed by atoms with Crippen molar-refractivity contribution in [2.45, 2.75) is 0 Å². The van der Waals surface area contributed by atoms with Gasteiger partial charge < -0.3 is 4.57 Å². The van der Waals surface area contributed by atoms with Gasteiger partial charge in [0, 0.05) is 8.46 Å². The summed E-state index contributed by atoms with van der Waals surface area (Å²) < 4.78 is 10.1. The molecule has 13 heavy (non-hydrogen) atoms. The molecule has 0 saturated carbocycles. The molecule has 2 rings (SSSR count). The van der Waals surface area contributed by atoms with Gasteiger partial charge in [-0.25, -0.2) is 24.3 Å². The Labute approximate surface area is 90.2 Å². The van der Waals surface area contributed by atoms with Gasteiger partial charge in [0.1, 0.15) is 0 Å². The number of hydrogen-bond donors (Lipinski definition) is 0. The molecule has 0 aliphatic carbocycles. The maximum atomic E-state index is 10.1. The van der Waals surface area contributed by atoms with E-state index in [2.05, 4.69) is 0 Å². The van der Waals surface area contributed by atoms with E-state index in [4.69, 9.17) is 0 Å². The van der Waals surface area contributed by atoms with Crippen LogP contribution in [0.25, 0.3) is 0 Å². The molecule has 0 aliphatic heterocycles. The van der Waals surface area contributed by atoms with Gasteiger partial charge >= 0.3 is 17.1 Å². The zero-order valence-electron chi connectivity index (χ0n) is 7.04. The van der Waals surface area contributed by atoms with E-state index in [1.54, 1.807) is 0 Å². The Hall–Kier alpha value is -0.551. The van der Waals surface area contributed by atoms with Crippen LogP contribution in [-0.2, 0) is 21.6 Å². The SMILES string of the molecule is O=[PH2][c-]1cccc1.[Fe+2].c1cc[cH-]c1. The largest absolute Gasteiger partial charge is 2.00 e. The number of rotatable bonds is 1. The van der Waals surface area contributed by atoms with E-state index < -0.39 is 8.46 Å². The van der Waals surface area contributed by atoms with Crippen LogP contribution in [0.5, 0.6) is 0 Å². The summed E-state index contributed by atoms with van der Waals surface area (Å²) in [6, 6.07) is 17.5. The molecule has 1 unspecified atom stereocenters. The van der Waals surface area contributed by atoms with Gasteiger partial charge in [0.25, 0.3) is 0 Å². The van der Waals surface area contributed by atoms with E-state index in [9.17, 15) is 4.57 Å². The summed E-state index contributed by atoms with van der Waals surface area (Å²) in [5.74, 6) is 0. The second-order valence-electron chi connectivity index (χ2n) is 2.30. The molecule has 1 atom stereocenters. The standard InChI is InChI=1S/C5H6OP.C5H5.Fe/c6-7-5-3-1-2-4-5;1-2-4-5-3-1;/h1-4H,7H2;1-5H;/q2*-1;+2. The van der Waals surface area contributed by atoms with Crippen molar-refractivity contribution in [3.05, 3.63) is 54.6 Å². The first-order chi connectivity index (χ1) is 5.93. The van der Waals surface area contributed by atoms with Crippen LogP contribution in [0.1, 0.15) is 0 Å². The fraction of sp³-hybridized carbons (Fsp3) is 0. The molecule has 0 spiro atoms. The van der Waals surface area contributed by atoms with Gasteiger partial charge in [-0.15, -0.1) is 5.30 Å². The molecule has 0 heterocycles. The van der Waals surface area contributed by atoms with Crippen molar-refractivity contribution in [2.24, 2.45) is 0 Å². The Morgan fingerprint density at radius 3 is 1.77 bits per heavy atom. The van der Waals surface area contributed by atoms with E-state index in [1.807, 2.05) is 54.6 Å². The normalized spacial score (nSPS) is 8.92. The molecule has 0 radical (unpaired) electrons. The average Bonchev–Trinajstić information content (AvgIpc) is 2.81. The Morgan fingerprint density at radius 1 is 1.00 bits per heavy atom. The number of hydrogen-bond acceptors (Lipinski definition) is 1. The van der Waals surface area contributed by atoms with Crippen molar-refractivity contribution in [1.82, 2.24) is 0 Å². The van der Waals surface area contributed by atoms with Gasteiger partial charge in [-0.05, 0) is 0 Å². The Balaban J connectivity index is 0.000000215. The molecule has 1 nitrogen and oxygen atoms in total. The van der Waals surface area contributed by atoms with Gasteiger partial charge in [0.05, 0.1) is 0 Å². The van der Waals surface area contributed by atoms with Crippen LogP contribution in [0.4, 0.5) is 0 Å². The molecule has 0 aromatic heterocycles. The zero-order valence-corrected chi connectivity index (χ0v) is 9.29. The van der Waals surface area contributed by atoms with Crippen LogP contribution in [0.2, 0.25) is 0 Å². The Bertz CT molecular complexity index is 269. The van der Waals surface area contributed by atoms with Crippen LogP contribution in [0.3, 0.4) is 0 Å². The van der Waals surface area contributed by atoms with Gasteiger partial charge in [0.2, 0.25) is 0 Å². The minimum atomic E-state index is -0.706. The molecule has 0 bridgehead atoms. The van der Waals surface area contributed by atoms with Crippen molar-refractivity contribution in [3.63, 3.8) is 0 Å². The third-order valence-electron chi connectivity index (χ3n) is 1.38. The van der Waals surface area contributed by atoms with E-state index in [-0.39, 0.29) is 17.1 Å². The van der Waals surface area contributed by atoms with Crippen molar-refractivity contribution in [3.8, 4) is 0 Å². The first kappa shape index (κ1) is 12.4. The molecule has 3 heteroatoms. The molecule has 2 aromatic rings. The minimum Gasteiger partial charge on any atom is -0.338 e. The summed E-state index contributed by atoms with van der Waals surface area (Å²) in [5.41, 5.74) is 0. The molecule has 0 N–H and O–H groups in total. The summed E-state index contributed by atoms with van der Waals surface area (Å²) in [6.07, 6.45) is 0. The fourth-order valence-electron chi connectivity index (χ4n) is 0.788. The topological polar surface area (TPSA) is 17.1 Å². The predicted molar refractivity (Wildman–Crippen MR) is 54.1 cm³/mol. The summed E-state index contributed by atoms with van der Waals surface area (Å²) in [5, 5.41) is 0.958.